The van der Waals surface area contributed by atoms with Crippen LogP contribution in [0.15, 0.2) is 22.7 Å². The summed E-state index contributed by atoms with van der Waals surface area (Å²) >= 11 is 0. The first-order valence-corrected chi connectivity index (χ1v) is 4.34. The van der Waals surface area contributed by atoms with Crippen LogP contribution >= 0.6 is 0 Å². The molecule has 0 aliphatic rings. The minimum absolute atomic E-state index is 0.0275. The third-order valence-corrected chi connectivity index (χ3v) is 1.93. The minimum Gasteiger partial charge on any atom is -0.396 e. The Hall–Kier alpha value is -2.12. The van der Waals surface area contributed by atoms with Gasteiger partial charge in [0.05, 0.1) is 5.69 Å². The smallest absolute Gasteiger partial charge is 0.396 e. The number of nitrogens with two attached hydrogens (primary N) is 1. The highest BCUT2D eigenvalue weighted by atomic mass is 19.4. The average molecular weight is 247 g/mol. The van der Waals surface area contributed by atoms with Gasteiger partial charge < -0.3 is 10.3 Å². The number of rotatable bonds is 1. The summed E-state index contributed by atoms with van der Waals surface area (Å²) in [6, 6.07) is 3.40. The predicted molar refractivity (Wildman–Crippen MR) is 49.1 cm³/mol. The van der Waals surface area contributed by atoms with Crippen LogP contribution in [0.4, 0.5) is 23.2 Å². The van der Waals surface area contributed by atoms with E-state index >= 15 is 0 Å². The molecule has 2 N–H and O–H groups in total. The number of halogens is 4. The monoisotopic (exact) mass is 247 g/mol. The number of nitrogen functional groups attached to an aromatic ring is 1. The van der Waals surface area contributed by atoms with Gasteiger partial charge in [-0.25, -0.2) is 4.39 Å². The zero-order chi connectivity index (χ0) is 12.6. The maximum atomic E-state index is 13.1. The second-order valence-corrected chi connectivity index (χ2v) is 3.16. The van der Waals surface area contributed by atoms with Crippen molar-refractivity contribution in [3.63, 3.8) is 0 Å². The van der Waals surface area contributed by atoms with Gasteiger partial charge in [0.2, 0.25) is 0 Å². The second-order valence-electron chi connectivity index (χ2n) is 3.16. The molecule has 8 heteroatoms. The van der Waals surface area contributed by atoms with E-state index in [2.05, 4.69) is 14.7 Å². The third kappa shape index (κ3) is 2.19. The van der Waals surface area contributed by atoms with E-state index in [1.54, 1.807) is 0 Å². The van der Waals surface area contributed by atoms with Crippen molar-refractivity contribution in [2.24, 2.45) is 0 Å². The molecule has 90 valence electrons. The van der Waals surface area contributed by atoms with E-state index in [9.17, 15) is 17.6 Å². The van der Waals surface area contributed by atoms with Gasteiger partial charge in [-0.15, -0.1) is 0 Å². The van der Waals surface area contributed by atoms with E-state index in [0.717, 1.165) is 6.07 Å². The fourth-order valence-corrected chi connectivity index (χ4v) is 1.12. The van der Waals surface area contributed by atoms with Gasteiger partial charge in [0.1, 0.15) is 5.82 Å². The van der Waals surface area contributed by atoms with Crippen LogP contribution in [0, 0.1) is 5.82 Å². The fourth-order valence-electron chi connectivity index (χ4n) is 1.12. The van der Waals surface area contributed by atoms with Gasteiger partial charge in [-0.3, -0.25) is 0 Å². The van der Waals surface area contributed by atoms with Crippen LogP contribution in [-0.2, 0) is 6.18 Å². The van der Waals surface area contributed by atoms with Crippen LogP contribution < -0.4 is 5.73 Å². The van der Waals surface area contributed by atoms with Gasteiger partial charge in [-0.2, -0.15) is 18.2 Å². The molecule has 1 aromatic heterocycles. The molecule has 0 fully saturated rings. The van der Waals surface area contributed by atoms with Gasteiger partial charge in [0, 0.05) is 5.56 Å². The zero-order valence-electron chi connectivity index (χ0n) is 8.12. The second kappa shape index (κ2) is 3.72. The molecule has 0 unspecified atom stereocenters. The Morgan fingerprint density at radius 2 is 1.94 bits per heavy atom. The van der Waals surface area contributed by atoms with Crippen LogP contribution in [0.25, 0.3) is 11.5 Å². The van der Waals surface area contributed by atoms with Crippen LogP contribution in [0.2, 0.25) is 0 Å². The maximum absolute atomic E-state index is 13.1. The number of hydrogen-bond acceptors (Lipinski definition) is 4. The normalized spacial score (nSPS) is 11.8. The van der Waals surface area contributed by atoms with Gasteiger partial charge >= 0.3 is 6.18 Å². The van der Waals surface area contributed by atoms with Crippen LogP contribution in [0.3, 0.4) is 0 Å². The lowest BCUT2D eigenvalue weighted by atomic mass is 10.2. The number of hydrogen-bond donors (Lipinski definition) is 1. The molecule has 17 heavy (non-hydrogen) atoms. The summed E-state index contributed by atoms with van der Waals surface area (Å²) in [5.74, 6) is -2.60. The molecule has 0 saturated carbocycles. The molecule has 0 aliphatic heterocycles. The highest BCUT2D eigenvalue weighted by Gasteiger charge is 2.37. The molecule has 1 heterocycles. The summed E-state index contributed by atoms with van der Waals surface area (Å²) in [6.45, 7) is 0. The Kier molecular flexibility index (Phi) is 2.49. The third-order valence-electron chi connectivity index (χ3n) is 1.93. The first kappa shape index (κ1) is 11.4. The molecule has 0 bridgehead atoms. The lowest BCUT2D eigenvalue weighted by molar-refractivity contribution is -0.146. The van der Waals surface area contributed by atoms with Crippen molar-refractivity contribution in [1.82, 2.24) is 10.1 Å². The van der Waals surface area contributed by atoms with Crippen molar-refractivity contribution >= 4 is 5.69 Å². The highest BCUT2D eigenvalue weighted by molar-refractivity contribution is 5.57. The molecule has 0 spiro atoms. The Labute approximate surface area is 92.0 Å². The van der Waals surface area contributed by atoms with E-state index in [1.807, 2.05) is 0 Å². The van der Waals surface area contributed by atoms with E-state index in [0.29, 0.717) is 0 Å². The average Bonchev–Trinajstić information content (AvgIpc) is 2.70. The quantitative estimate of drug-likeness (QED) is 0.621. The first-order chi connectivity index (χ1) is 7.88. The van der Waals surface area contributed by atoms with Gasteiger partial charge in [0.25, 0.3) is 11.7 Å². The molecule has 1 aromatic carbocycles. The van der Waals surface area contributed by atoms with E-state index in [-0.39, 0.29) is 11.3 Å². The standard InChI is InChI=1S/C9H5F4N3O/c10-5-3-4(1-2-6(5)14)7-15-8(16-17-7)9(11,12)13/h1-3H,14H2. The van der Waals surface area contributed by atoms with E-state index in [4.69, 9.17) is 5.73 Å². The number of anilines is 1. The number of benzene rings is 1. The molecule has 4 nitrogen and oxygen atoms in total. The van der Waals surface area contributed by atoms with Crippen molar-refractivity contribution in [1.29, 1.82) is 0 Å². The van der Waals surface area contributed by atoms with Gasteiger partial charge in [-0.05, 0) is 18.2 Å². The molecule has 0 radical (unpaired) electrons. The predicted octanol–water partition coefficient (Wildman–Crippen LogP) is 2.48. The molecule has 0 atom stereocenters. The number of alkyl halides is 3. The Balaban J connectivity index is 2.40. The lowest BCUT2D eigenvalue weighted by Gasteiger charge is -1.98. The molecule has 0 saturated heterocycles. The topological polar surface area (TPSA) is 64.9 Å². The summed E-state index contributed by atoms with van der Waals surface area (Å²) in [7, 11) is 0. The summed E-state index contributed by atoms with van der Waals surface area (Å²) in [5, 5.41) is 2.75. The zero-order valence-corrected chi connectivity index (χ0v) is 8.12. The van der Waals surface area contributed by atoms with E-state index in [1.165, 1.54) is 12.1 Å². The number of aromatic nitrogens is 2. The van der Waals surface area contributed by atoms with Crippen molar-refractivity contribution in [2.75, 3.05) is 5.73 Å². The molecular weight excluding hydrogens is 242 g/mol. The first-order valence-electron chi connectivity index (χ1n) is 4.34. The molecule has 2 rings (SSSR count). The Bertz CT molecular complexity index is 549. The van der Waals surface area contributed by atoms with Crippen LogP contribution in [-0.4, -0.2) is 10.1 Å². The van der Waals surface area contributed by atoms with Crippen molar-refractivity contribution < 1.29 is 22.1 Å². The largest absolute Gasteiger partial charge is 0.455 e. The molecule has 0 aliphatic carbocycles. The summed E-state index contributed by atoms with van der Waals surface area (Å²) < 4.78 is 54.0. The Morgan fingerprint density at radius 3 is 2.47 bits per heavy atom. The van der Waals surface area contributed by atoms with Gasteiger partial charge in [-0.1, -0.05) is 5.16 Å². The highest BCUT2D eigenvalue weighted by Crippen LogP contribution is 2.29. The summed E-state index contributed by atoms with van der Waals surface area (Å²) in [5.41, 5.74) is 5.13. The summed E-state index contributed by atoms with van der Waals surface area (Å²) in [6.07, 6.45) is -4.70. The number of nitrogens with zero attached hydrogens (tertiary/aromatic N) is 2. The van der Waals surface area contributed by atoms with Crippen molar-refractivity contribution in [2.45, 2.75) is 6.18 Å². The van der Waals surface area contributed by atoms with Crippen molar-refractivity contribution in [3.8, 4) is 11.5 Å². The van der Waals surface area contributed by atoms with Crippen molar-refractivity contribution in [3.05, 3.63) is 29.8 Å². The molecular formula is C9H5F4N3O. The minimum atomic E-state index is -4.70. The molecule has 0 amide bonds. The van der Waals surface area contributed by atoms with Gasteiger partial charge in [0.15, 0.2) is 0 Å². The van der Waals surface area contributed by atoms with E-state index < -0.39 is 23.7 Å². The summed E-state index contributed by atoms with van der Waals surface area (Å²) in [4.78, 5) is 3.11. The fraction of sp³-hybridized carbons (Fsp3) is 0.111. The SMILES string of the molecule is Nc1ccc(-c2nc(C(F)(F)F)no2)cc1F. The maximum Gasteiger partial charge on any atom is 0.455 e. The van der Waals surface area contributed by atoms with Crippen LogP contribution in [0.1, 0.15) is 5.82 Å². The Morgan fingerprint density at radius 1 is 1.24 bits per heavy atom. The molecule has 2 aromatic rings. The van der Waals surface area contributed by atoms with Crippen LogP contribution in [0.5, 0.6) is 0 Å². The lowest BCUT2D eigenvalue weighted by Crippen LogP contribution is -2.07.